The van der Waals surface area contributed by atoms with Crippen LogP contribution in [0, 0.1) is 29.4 Å². The van der Waals surface area contributed by atoms with Crippen molar-refractivity contribution >= 4 is 0 Å². The summed E-state index contributed by atoms with van der Waals surface area (Å²) in [6, 6.07) is 4.67. The molecule has 0 saturated heterocycles. The molecule has 0 radical (unpaired) electrons. The first kappa shape index (κ1) is 22.5. The number of halogens is 2. The van der Waals surface area contributed by atoms with E-state index in [0.29, 0.717) is 17.8 Å². The number of hydrogen-bond acceptors (Lipinski definition) is 0. The van der Waals surface area contributed by atoms with Crippen molar-refractivity contribution in [3.05, 3.63) is 47.5 Å². The summed E-state index contributed by atoms with van der Waals surface area (Å²) in [5.74, 6) is 1.18. The Morgan fingerprint density at radius 2 is 1.66 bits per heavy atom. The molecule has 0 spiro atoms. The number of unbranched alkanes of at least 4 members (excludes halogenated alkanes) is 4. The average molecular weight is 403 g/mol. The Labute approximate surface area is 177 Å². The van der Waals surface area contributed by atoms with Crippen molar-refractivity contribution in [1.29, 1.82) is 0 Å². The van der Waals surface area contributed by atoms with Gasteiger partial charge in [0.15, 0.2) is 11.6 Å². The topological polar surface area (TPSA) is 0 Å². The zero-order valence-corrected chi connectivity index (χ0v) is 18.4. The normalized spacial score (nSPS) is 25.8. The van der Waals surface area contributed by atoms with Crippen LogP contribution in [0.1, 0.15) is 108 Å². The minimum absolute atomic E-state index is 0.382. The maximum Gasteiger partial charge on any atom is 0.159 e. The second-order valence-corrected chi connectivity index (χ2v) is 9.65. The van der Waals surface area contributed by atoms with Gasteiger partial charge in [0.25, 0.3) is 0 Å². The lowest BCUT2D eigenvalue weighted by molar-refractivity contribution is 0.209. The van der Waals surface area contributed by atoms with E-state index in [4.69, 9.17) is 0 Å². The molecule has 0 amide bonds. The van der Waals surface area contributed by atoms with Gasteiger partial charge in [0, 0.05) is 0 Å². The average Bonchev–Trinajstić information content (AvgIpc) is 2.75. The molecule has 0 aliphatic heterocycles. The van der Waals surface area contributed by atoms with Crippen LogP contribution in [0.2, 0.25) is 0 Å². The maximum atomic E-state index is 14.0. The van der Waals surface area contributed by atoms with Gasteiger partial charge in [-0.05, 0) is 79.9 Å². The fourth-order valence-electron chi connectivity index (χ4n) is 5.69. The van der Waals surface area contributed by atoms with Crippen molar-refractivity contribution in [2.75, 3.05) is 0 Å². The Morgan fingerprint density at radius 3 is 2.34 bits per heavy atom. The summed E-state index contributed by atoms with van der Waals surface area (Å²) in [5.41, 5.74) is 1.03. The molecule has 2 aliphatic carbocycles. The van der Waals surface area contributed by atoms with Crippen molar-refractivity contribution in [3.8, 4) is 0 Å². The van der Waals surface area contributed by atoms with Crippen molar-refractivity contribution in [2.45, 2.75) is 103 Å². The number of benzene rings is 1. The fraction of sp³-hybridized carbons (Fsp3) is 0.704. The van der Waals surface area contributed by atoms with E-state index in [1.54, 1.807) is 0 Å². The lowest BCUT2D eigenvalue weighted by Gasteiger charge is -2.36. The monoisotopic (exact) mass is 402 g/mol. The van der Waals surface area contributed by atoms with Crippen LogP contribution in [0.25, 0.3) is 0 Å². The zero-order chi connectivity index (χ0) is 20.5. The smallest absolute Gasteiger partial charge is 0.159 e. The van der Waals surface area contributed by atoms with Crippen LogP contribution in [0.15, 0.2) is 30.4 Å². The largest absolute Gasteiger partial charge is 0.204 e. The molecule has 1 aromatic rings. The minimum Gasteiger partial charge on any atom is -0.204 e. The standard InChI is InChI=1S/C27H40F2/c1-2-3-4-5-7-10-21-13-15-23(16-14-21)25(19-22-11-8-6-9-12-22)24-17-18-26(28)27(29)20-24/h6,8,17-18,20-23,25H,2-5,7,9-16,19H2,1H3. The van der Waals surface area contributed by atoms with Gasteiger partial charge in [-0.2, -0.15) is 0 Å². The second kappa shape index (κ2) is 11.9. The highest BCUT2D eigenvalue weighted by Gasteiger charge is 2.30. The molecule has 1 fully saturated rings. The van der Waals surface area contributed by atoms with Crippen LogP contribution >= 0.6 is 0 Å². The Hall–Kier alpha value is -1.18. The molecule has 0 bridgehead atoms. The van der Waals surface area contributed by atoms with Gasteiger partial charge in [0.05, 0.1) is 0 Å². The van der Waals surface area contributed by atoms with Gasteiger partial charge in [-0.3, -0.25) is 0 Å². The van der Waals surface area contributed by atoms with Crippen molar-refractivity contribution in [2.24, 2.45) is 17.8 Å². The first-order valence-electron chi connectivity index (χ1n) is 12.3. The lowest BCUT2D eigenvalue weighted by Crippen LogP contribution is -2.23. The number of allylic oxidation sites excluding steroid dienone is 2. The number of rotatable bonds is 10. The van der Waals surface area contributed by atoms with Gasteiger partial charge >= 0.3 is 0 Å². The third kappa shape index (κ3) is 6.93. The van der Waals surface area contributed by atoms with E-state index in [9.17, 15) is 8.78 Å². The summed E-state index contributed by atoms with van der Waals surface area (Å²) in [6.45, 7) is 2.27. The summed E-state index contributed by atoms with van der Waals surface area (Å²) in [6.07, 6.45) is 22.7. The molecule has 29 heavy (non-hydrogen) atoms. The van der Waals surface area contributed by atoms with Gasteiger partial charge in [-0.15, -0.1) is 0 Å². The predicted molar refractivity (Wildman–Crippen MR) is 119 cm³/mol. The number of hydrogen-bond donors (Lipinski definition) is 0. The predicted octanol–water partition coefficient (Wildman–Crippen LogP) is 8.96. The van der Waals surface area contributed by atoms with E-state index < -0.39 is 11.6 Å². The van der Waals surface area contributed by atoms with Gasteiger partial charge in [-0.25, -0.2) is 8.78 Å². The van der Waals surface area contributed by atoms with E-state index in [2.05, 4.69) is 19.1 Å². The molecule has 3 rings (SSSR count). The molecule has 2 unspecified atom stereocenters. The van der Waals surface area contributed by atoms with E-state index >= 15 is 0 Å². The molecule has 1 aromatic carbocycles. The first-order valence-corrected chi connectivity index (χ1v) is 12.3. The third-order valence-corrected chi connectivity index (χ3v) is 7.51. The Bertz CT molecular complexity index is 627. The van der Waals surface area contributed by atoms with Crippen LogP contribution in [0.3, 0.4) is 0 Å². The van der Waals surface area contributed by atoms with Crippen LogP contribution in [0.4, 0.5) is 8.78 Å². The molecule has 0 N–H and O–H groups in total. The van der Waals surface area contributed by atoms with Crippen LogP contribution in [-0.4, -0.2) is 0 Å². The van der Waals surface area contributed by atoms with E-state index in [0.717, 1.165) is 24.3 Å². The van der Waals surface area contributed by atoms with Crippen molar-refractivity contribution in [3.63, 3.8) is 0 Å². The Morgan fingerprint density at radius 1 is 0.862 bits per heavy atom. The van der Waals surface area contributed by atoms with Gasteiger partial charge in [-0.1, -0.05) is 76.5 Å². The third-order valence-electron chi connectivity index (χ3n) is 7.51. The molecule has 0 nitrogen and oxygen atoms in total. The summed E-state index contributed by atoms with van der Waals surface area (Å²) < 4.78 is 27.5. The first-order chi connectivity index (χ1) is 14.2. The van der Waals surface area contributed by atoms with Crippen molar-refractivity contribution < 1.29 is 8.78 Å². The Kier molecular flexibility index (Phi) is 9.21. The van der Waals surface area contributed by atoms with Gasteiger partial charge in [0.1, 0.15) is 0 Å². The SMILES string of the molecule is CCCCCCCC1CCC(C(CC2CC=CCC2)c2ccc(F)c(F)c2)CC1. The summed E-state index contributed by atoms with van der Waals surface area (Å²) in [5, 5.41) is 0. The van der Waals surface area contributed by atoms with Gasteiger partial charge in [0.2, 0.25) is 0 Å². The highest BCUT2D eigenvalue weighted by molar-refractivity contribution is 5.23. The molecule has 1 saturated carbocycles. The lowest BCUT2D eigenvalue weighted by atomic mass is 9.69. The summed E-state index contributed by atoms with van der Waals surface area (Å²) >= 11 is 0. The highest BCUT2D eigenvalue weighted by atomic mass is 19.2. The quantitative estimate of drug-likeness (QED) is 0.270. The molecule has 2 atom stereocenters. The highest BCUT2D eigenvalue weighted by Crippen LogP contribution is 2.44. The zero-order valence-electron chi connectivity index (χ0n) is 18.4. The van der Waals surface area contributed by atoms with Crippen LogP contribution < -0.4 is 0 Å². The summed E-state index contributed by atoms with van der Waals surface area (Å²) in [7, 11) is 0. The van der Waals surface area contributed by atoms with Crippen LogP contribution in [-0.2, 0) is 0 Å². The fourth-order valence-corrected chi connectivity index (χ4v) is 5.69. The van der Waals surface area contributed by atoms with E-state index in [1.165, 1.54) is 89.2 Å². The molecule has 2 heteroatoms. The molecular weight excluding hydrogens is 362 g/mol. The van der Waals surface area contributed by atoms with E-state index in [1.807, 2.05) is 6.07 Å². The maximum absolute atomic E-state index is 14.0. The molecule has 0 aromatic heterocycles. The molecule has 0 heterocycles. The van der Waals surface area contributed by atoms with Gasteiger partial charge < -0.3 is 0 Å². The second-order valence-electron chi connectivity index (χ2n) is 9.65. The Balaban J connectivity index is 1.58. The van der Waals surface area contributed by atoms with Crippen LogP contribution in [0.5, 0.6) is 0 Å². The van der Waals surface area contributed by atoms with Crippen molar-refractivity contribution in [1.82, 2.24) is 0 Å². The molecular formula is C27H40F2. The molecule has 2 aliphatic rings. The minimum atomic E-state index is -0.722. The summed E-state index contributed by atoms with van der Waals surface area (Å²) in [4.78, 5) is 0. The molecule has 162 valence electrons. The van der Waals surface area contributed by atoms with E-state index in [-0.39, 0.29) is 0 Å².